The van der Waals surface area contributed by atoms with Crippen LogP contribution in [0.5, 0.6) is 5.75 Å². The van der Waals surface area contributed by atoms with Crippen LogP contribution in [0, 0.1) is 25.2 Å². The molecule has 35 heavy (non-hydrogen) atoms. The van der Waals surface area contributed by atoms with E-state index in [2.05, 4.69) is 26.9 Å². The highest BCUT2D eigenvalue weighted by atomic mass is 32.1. The Morgan fingerprint density at radius 3 is 2.63 bits per heavy atom. The largest absolute Gasteiger partial charge is 0.497 e. The molecule has 1 aliphatic rings. The fourth-order valence-corrected chi connectivity index (χ4v) is 5.29. The molecule has 1 amide bonds. The van der Waals surface area contributed by atoms with E-state index in [-0.39, 0.29) is 17.5 Å². The summed E-state index contributed by atoms with van der Waals surface area (Å²) >= 11 is 1.68. The van der Waals surface area contributed by atoms with Gasteiger partial charge in [-0.15, -0.1) is 11.3 Å². The van der Waals surface area contributed by atoms with E-state index >= 15 is 0 Å². The predicted octanol–water partition coefficient (Wildman–Crippen LogP) is 4.26. The van der Waals surface area contributed by atoms with Crippen molar-refractivity contribution in [1.82, 2.24) is 14.8 Å². The maximum Gasteiger partial charge on any atom is 0.262 e. The normalized spacial score (nSPS) is 15.4. The molecule has 182 valence electrons. The zero-order valence-corrected chi connectivity index (χ0v) is 21.1. The second kappa shape index (κ2) is 11.4. The summed E-state index contributed by atoms with van der Waals surface area (Å²) in [6.45, 7) is 7.43. The average molecular weight is 491 g/mol. The summed E-state index contributed by atoms with van der Waals surface area (Å²) < 4.78 is 12.9. The predicted molar refractivity (Wildman–Crippen MR) is 138 cm³/mol. The molecule has 2 aromatic heterocycles. The Kier molecular flexibility index (Phi) is 8.03. The van der Waals surface area contributed by atoms with Crippen molar-refractivity contribution >= 4 is 23.3 Å². The van der Waals surface area contributed by atoms with Crippen LogP contribution in [0.4, 0.5) is 0 Å². The quantitative estimate of drug-likeness (QED) is 0.377. The van der Waals surface area contributed by atoms with Crippen molar-refractivity contribution in [3.63, 3.8) is 0 Å². The Morgan fingerprint density at radius 2 is 2.00 bits per heavy atom. The topological polar surface area (TPSA) is 79.5 Å². The first-order valence-electron chi connectivity index (χ1n) is 11.6. The van der Waals surface area contributed by atoms with Gasteiger partial charge in [0.1, 0.15) is 17.4 Å². The average Bonchev–Trinajstić information content (AvgIpc) is 3.51. The number of carbonyl (C=O) groups is 1. The standard InChI is InChI=1S/C27H30N4O3S/c1-19-15-21(20(2)31(19)23-6-8-24(33-3)9-7-23)16-22(17-28)27(32)29-18-25(26-5-4-14-35-26)30-10-12-34-13-11-30/h4-9,14-16,25H,10-13,18H2,1-3H3,(H,29,32)/b22-16+. The number of nitriles is 1. The van der Waals surface area contributed by atoms with Gasteiger partial charge >= 0.3 is 0 Å². The first kappa shape index (κ1) is 24.7. The van der Waals surface area contributed by atoms with E-state index in [1.165, 1.54) is 4.88 Å². The summed E-state index contributed by atoms with van der Waals surface area (Å²) in [5, 5.41) is 14.8. The van der Waals surface area contributed by atoms with Crippen molar-refractivity contribution in [1.29, 1.82) is 5.26 Å². The summed E-state index contributed by atoms with van der Waals surface area (Å²) in [4.78, 5) is 16.5. The first-order chi connectivity index (χ1) is 17.0. The lowest BCUT2D eigenvalue weighted by molar-refractivity contribution is -0.117. The van der Waals surface area contributed by atoms with Crippen molar-refractivity contribution in [2.75, 3.05) is 40.0 Å². The zero-order chi connectivity index (χ0) is 24.8. The van der Waals surface area contributed by atoms with Gasteiger partial charge in [-0.05, 0) is 67.3 Å². The molecule has 1 aromatic carbocycles. The summed E-state index contributed by atoms with van der Waals surface area (Å²) in [6, 6.07) is 16.1. The number of hydrogen-bond donors (Lipinski definition) is 1. The van der Waals surface area contributed by atoms with Crippen LogP contribution in [0.2, 0.25) is 0 Å². The van der Waals surface area contributed by atoms with Crippen LogP contribution in [0.1, 0.15) is 27.9 Å². The van der Waals surface area contributed by atoms with Crippen molar-refractivity contribution in [2.24, 2.45) is 0 Å². The van der Waals surface area contributed by atoms with Gasteiger partial charge in [0.2, 0.25) is 0 Å². The fraction of sp³-hybridized carbons (Fsp3) is 0.333. The highest BCUT2D eigenvalue weighted by molar-refractivity contribution is 7.10. The number of carbonyl (C=O) groups excluding carboxylic acids is 1. The van der Waals surface area contributed by atoms with Crippen LogP contribution in [0.3, 0.4) is 0 Å². The number of amides is 1. The maximum atomic E-state index is 13.0. The molecule has 3 aromatic rings. The van der Waals surface area contributed by atoms with Gasteiger partial charge < -0.3 is 19.4 Å². The van der Waals surface area contributed by atoms with Gasteiger partial charge in [-0.25, -0.2) is 0 Å². The number of morpholine rings is 1. The monoisotopic (exact) mass is 490 g/mol. The molecule has 0 spiro atoms. The number of methoxy groups -OCH3 is 1. The second-order valence-corrected chi connectivity index (χ2v) is 9.40. The zero-order valence-electron chi connectivity index (χ0n) is 20.3. The summed E-state index contributed by atoms with van der Waals surface area (Å²) in [7, 11) is 1.64. The minimum atomic E-state index is -0.364. The number of thiophene rings is 1. The highest BCUT2D eigenvalue weighted by Crippen LogP contribution is 2.26. The van der Waals surface area contributed by atoms with E-state index in [0.29, 0.717) is 19.8 Å². The number of aromatic nitrogens is 1. The van der Waals surface area contributed by atoms with Gasteiger partial charge in [0.15, 0.2) is 0 Å². The van der Waals surface area contributed by atoms with Crippen LogP contribution in [0.25, 0.3) is 11.8 Å². The molecular weight excluding hydrogens is 460 g/mol. The third-order valence-electron chi connectivity index (χ3n) is 6.28. The van der Waals surface area contributed by atoms with Crippen molar-refractivity contribution < 1.29 is 14.3 Å². The maximum absolute atomic E-state index is 13.0. The van der Waals surface area contributed by atoms with Gasteiger partial charge in [0, 0.05) is 41.6 Å². The van der Waals surface area contributed by atoms with Gasteiger partial charge in [-0.1, -0.05) is 6.07 Å². The number of hydrogen-bond acceptors (Lipinski definition) is 6. The molecule has 1 saturated heterocycles. The molecule has 0 radical (unpaired) electrons. The van der Waals surface area contributed by atoms with E-state index in [9.17, 15) is 10.1 Å². The molecule has 0 aliphatic carbocycles. The number of aryl methyl sites for hydroxylation is 1. The minimum Gasteiger partial charge on any atom is -0.497 e. The minimum absolute atomic E-state index is 0.0583. The molecule has 1 unspecified atom stereocenters. The lowest BCUT2D eigenvalue weighted by atomic mass is 10.1. The molecule has 3 heterocycles. The van der Waals surface area contributed by atoms with Gasteiger partial charge in [-0.3, -0.25) is 9.69 Å². The Morgan fingerprint density at radius 1 is 1.26 bits per heavy atom. The second-order valence-electron chi connectivity index (χ2n) is 8.42. The molecule has 0 saturated carbocycles. The Bertz CT molecular complexity index is 1220. The number of rotatable bonds is 8. The van der Waals surface area contributed by atoms with Crippen LogP contribution >= 0.6 is 11.3 Å². The molecular formula is C27H30N4O3S. The Labute approximate surface area is 210 Å². The molecule has 4 rings (SSSR count). The van der Waals surface area contributed by atoms with Gasteiger partial charge in [-0.2, -0.15) is 5.26 Å². The molecule has 0 bridgehead atoms. The fourth-order valence-electron chi connectivity index (χ4n) is 4.43. The van der Waals surface area contributed by atoms with Gasteiger partial charge in [0.05, 0.1) is 26.4 Å². The molecule has 7 nitrogen and oxygen atoms in total. The van der Waals surface area contributed by atoms with Crippen molar-refractivity contribution in [3.05, 3.63) is 75.2 Å². The number of nitrogens with one attached hydrogen (secondary N) is 1. The molecule has 8 heteroatoms. The van der Waals surface area contributed by atoms with Crippen LogP contribution < -0.4 is 10.1 Å². The van der Waals surface area contributed by atoms with E-state index in [1.807, 2.05) is 55.6 Å². The Hall–Kier alpha value is -3.38. The van der Waals surface area contributed by atoms with Crippen LogP contribution in [-0.4, -0.2) is 55.3 Å². The van der Waals surface area contributed by atoms with E-state index < -0.39 is 0 Å². The lowest BCUT2D eigenvalue weighted by Crippen LogP contribution is -2.43. The molecule has 1 N–H and O–H groups in total. The SMILES string of the molecule is COc1ccc(-n2c(C)cc(/C=C(\C#N)C(=O)NCC(c3cccs3)N3CCOCC3)c2C)cc1. The van der Waals surface area contributed by atoms with E-state index in [1.54, 1.807) is 24.5 Å². The van der Waals surface area contributed by atoms with Crippen molar-refractivity contribution in [3.8, 4) is 17.5 Å². The summed E-state index contributed by atoms with van der Waals surface area (Å²) in [6.07, 6.45) is 1.67. The van der Waals surface area contributed by atoms with E-state index in [4.69, 9.17) is 9.47 Å². The Balaban J connectivity index is 1.52. The van der Waals surface area contributed by atoms with Crippen molar-refractivity contribution in [2.45, 2.75) is 19.9 Å². The lowest BCUT2D eigenvalue weighted by Gasteiger charge is -2.34. The van der Waals surface area contributed by atoms with Crippen LogP contribution in [0.15, 0.2) is 53.4 Å². The highest BCUT2D eigenvalue weighted by Gasteiger charge is 2.24. The first-order valence-corrected chi connectivity index (χ1v) is 12.5. The van der Waals surface area contributed by atoms with E-state index in [0.717, 1.165) is 41.5 Å². The third-order valence-corrected chi connectivity index (χ3v) is 7.25. The number of benzene rings is 1. The number of nitrogens with zero attached hydrogens (tertiary/aromatic N) is 3. The molecule has 1 aliphatic heterocycles. The van der Waals surface area contributed by atoms with Gasteiger partial charge in [0.25, 0.3) is 5.91 Å². The molecule has 1 atom stereocenters. The molecule has 1 fully saturated rings. The summed E-state index contributed by atoms with van der Waals surface area (Å²) in [5.74, 6) is 0.425. The number of ether oxygens (including phenoxy) is 2. The third kappa shape index (κ3) is 5.65. The smallest absolute Gasteiger partial charge is 0.262 e. The van der Waals surface area contributed by atoms with Crippen LogP contribution in [-0.2, 0) is 9.53 Å². The summed E-state index contributed by atoms with van der Waals surface area (Å²) in [5.41, 5.74) is 3.90.